The summed E-state index contributed by atoms with van der Waals surface area (Å²) in [5, 5.41) is 0. The third kappa shape index (κ3) is 22.5. The van der Waals surface area contributed by atoms with Gasteiger partial charge in [-0.3, -0.25) is 4.55 Å². The Kier molecular flexibility index (Phi) is 22.6. The van der Waals surface area contributed by atoms with Gasteiger partial charge in [-0.25, -0.2) is 4.79 Å². The van der Waals surface area contributed by atoms with Crippen LogP contribution in [-0.2, 0) is 19.6 Å². The van der Waals surface area contributed by atoms with Crippen molar-refractivity contribution in [1.29, 1.82) is 0 Å². The summed E-state index contributed by atoms with van der Waals surface area (Å²) in [6.07, 6.45) is 22.2. The predicted molar refractivity (Wildman–Crippen MR) is 139 cm³/mol. The summed E-state index contributed by atoms with van der Waals surface area (Å²) in [6.45, 7) is 12.6. The van der Waals surface area contributed by atoms with E-state index in [0.717, 1.165) is 6.08 Å². The standard InChI is InChI=1S/C18H41P.C6H10O5S/c1-5-9-13-14-18-19(15-10-6-2,16-11-7-3)17-12-8-4;1-2-6(7)11-4-3-5-12(8,9)10/h19H,5-18H2,1-4H3;2H,1,3-5H2,(H,8,9,10). The summed E-state index contributed by atoms with van der Waals surface area (Å²) in [5.41, 5.74) is 0. The van der Waals surface area contributed by atoms with Crippen molar-refractivity contribution in [3.63, 3.8) is 0 Å². The Labute approximate surface area is 193 Å². The fourth-order valence-electron chi connectivity index (χ4n) is 3.81. The summed E-state index contributed by atoms with van der Waals surface area (Å²) in [7, 11) is -4.85. The fourth-order valence-corrected chi connectivity index (χ4v) is 10.1. The molecule has 0 amide bonds. The Hall–Kier alpha value is -0.450. The molecule has 7 heteroatoms. The molecule has 188 valence electrons. The van der Waals surface area contributed by atoms with Crippen LogP contribution in [0.5, 0.6) is 0 Å². The van der Waals surface area contributed by atoms with Crippen molar-refractivity contribution in [1.82, 2.24) is 0 Å². The summed E-state index contributed by atoms with van der Waals surface area (Å²) in [4.78, 5) is 10.4. The molecule has 0 aliphatic carbocycles. The Bertz CT molecular complexity index is 512. The van der Waals surface area contributed by atoms with Gasteiger partial charge in [-0.2, -0.15) is 8.42 Å². The van der Waals surface area contributed by atoms with Crippen LogP contribution in [0.2, 0.25) is 0 Å². The third-order valence-corrected chi connectivity index (χ3v) is 12.2. The van der Waals surface area contributed by atoms with Crippen molar-refractivity contribution in [3.8, 4) is 0 Å². The number of hydrogen-bond acceptors (Lipinski definition) is 4. The first kappa shape index (κ1) is 32.7. The first-order valence-corrected chi connectivity index (χ1v) is 16.9. The molecule has 0 saturated carbocycles. The van der Waals surface area contributed by atoms with Crippen LogP contribution >= 0.6 is 7.26 Å². The molecule has 0 aromatic rings. The molecule has 0 atom stereocenters. The van der Waals surface area contributed by atoms with E-state index in [4.69, 9.17) is 4.55 Å². The minimum atomic E-state index is -3.95. The maximum absolute atomic E-state index is 10.4. The minimum absolute atomic E-state index is 0.0371. The summed E-state index contributed by atoms with van der Waals surface area (Å²) in [6, 6.07) is 0. The van der Waals surface area contributed by atoms with Crippen molar-refractivity contribution < 1.29 is 22.5 Å². The number of rotatable bonds is 19. The van der Waals surface area contributed by atoms with Crippen LogP contribution in [0, 0.1) is 0 Å². The topological polar surface area (TPSA) is 80.7 Å². The summed E-state index contributed by atoms with van der Waals surface area (Å²) in [5.74, 6) is -1.01. The van der Waals surface area contributed by atoms with E-state index in [9.17, 15) is 13.2 Å². The second-order valence-electron chi connectivity index (χ2n) is 8.63. The SMILES string of the molecule is C=CC(=O)OCCCS(=O)(=O)O.CCCCCC[PH](CCCC)(CCCC)CCCC. The molecule has 0 radical (unpaired) electrons. The Morgan fingerprint density at radius 3 is 1.65 bits per heavy atom. The molecular formula is C24H51O5PS. The van der Waals surface area contributed by atoms with Crippen LogP contribution in [0.1, 0.15) is 98.3 Å². The number of esters is 1. The summed E-state index contributed by atoms with van der Waals surface area (Å²) < 4.78 is 33.0. The van der Waals surface area contributed by atoms with Crippen molar-refractivity contribution in [3.05, 3.63) is 12.7 Å². The molecule has 0 spiro atoms. The van der Waals surface area contributed by atoms with E-state index in [1.54, 1.807) is 24.6 Å². The quantitative estimate of drug-likeness (QED) is 0.0727. The van der Waals surface area contributed by atoms with Gasteiger partial charge in [0.2, 0.25) is 0 Å². The van der Waals surface area contributed by atoms with E-state index in [1.165, 1.54) is 64.2 Å². The van der Waals surface area contributed by atoms with Crippen LogP contribution < -0.4 is 0 Å². The van der Waals surface area contributed by atoms with Gasteiger partial charge in [0.05, 0.1) is 12.4 Å². The molecule has 0 heterocycles. The third-order valence-electron chi connectivity index (χ3n) is 5.70. The zero-order valence-corrected chi connectivity index (χ0v) is 22.6. The maximum atomic E-state index is 10.4. The van der Waals surface area contributed by atoms with Gasteiger partial charge in [0.1, 0.15) is 0 Å². The Morgan fingerprint density at radius 2 is 1.26 bits per heavy atom. The molecule has 0 aromatic heterocycles. The number of ether oxygens (including phenoxy) is 1. The molecule has 0 aliphatic rings. The van der Waals surface area contributed by atoms with Gasteiger partial charge in [-0.1, -0.05) is 6.58 Å². The second kappa shape index (κ2) is 21.4. The average Bonchev–Trinajstić information content (AvgIpc) is 2.74. The fraction of sp³-hybridized carbons (Fsp3) is 0.875. The molecular weight excluding hydrogens is 431 g/mol. The summed E-state index contributed by atoms with van der Waals surface area (Å²) >= 11 is 0. The van der Waals surface area contributed by atoms with E-state index in [1.807, 2.05) is 0 Å². The Balaban J connectivity index is 0. The van der Waals surface area contributed by atoms with E-state index < -0.39 is 29.1 Å². The van der Waals surface area contributed by atoms with Gasteiger partial charge in [0.25, 0.3) is 10.1 Å². The van der Waals surface area contributed by atoms with Gasteiger partial charge < -0.3 is 4.74 Å². The van der Waals surface area contributed by atoms with Gasteiger partial charge >= 0.3 is 130 Å². The second-order valence-corrected chi connectivity index (χ2v) is 15.2. The van der Waals surface area contributed by atoms with Crippen LogP contribution in [0.3, 0.4) is 0 Å². The number of unbranched alkanes of at least 4 members (excludes halogenated alkanes) is 6. The molecule has 0 fully saturated rings. The number of carbonyl (C=O) groups excluding carboxylic acids is 1. The van der Waals surface area contributed by atoms with Gasteiger partial charge in [-0.15, -0.1) is 0 Å². The molecule has 5 nitrogen and oxygen atoms in total. The van der Waals surface area contributed by atoms with Gasteiger partial charge in [-0.05, 0) is 6.42 Å². The van der Waals surface area contributed by atoms with Crippen LogP contribution in [-0.4, -0.2) is 55.9 Å². The predicted octanol–water partition coefficient (Wildman–Crippen LogP) is 6.71. The first-order valence-electron chi connectivity index (χ1n) is 12.4. The monoisotopic (exact) mass is 482 g/mol. The van der Waals surface area contributed by atoms with Crippen molar-refractivity contribution in [2.75, 3.05) is 37.0 Å². The van der Waals surface area contributed by atoms with Crippen molar-refractivity contribution in [2.24, 2.45) is 0 Å². The molecule has 1 N–H and O–H groups in total. The molecule has 0 saturated heterocycles. The van der Waals surface area contributed by atoms with E-state index in [2.05, 4.69) is 39.0 Å². The molecule has 0 aliphatic heterocycles. The van der Waals surface area contributed by atoms with E-state index >= 15 is 0 Å². The zero-order chi connectivity index (χ0) is 24.0. The number of hydrogen-bond donors (Lipinski definition) is 1. The Morgan fingerprint density at radius 1 is 0.806 bits per heavy atom. The molecule has 0 unspecified atom stereocenters. The molecule has 31 heavy (non-hydrogen) atoms. The molecule has 0 bridgehead atoms. The number of carbonyl (C=O) groups is 1. The van der Waals surface area contributed by atoms with Crippen molar-refractivity contribution in [2.45, 2.75) is 98.3 Å². The zero-order valence-electron chi connectivity index (χ0n) is 20.8. The first-order chi connectivity index (χ1) is 14.7. The molecule has 0 rings (SSSR count). The average molecular weight is 483 g/mol. The normalized spacial score (nSPS) is 12.0. The van der Waals surface area contributed by atoms with Crippen molar-refractivity contribution >= 4 is 23.3 Å². The van der Waals surface area contributed by atoms with Crippen LogP contribution in [0.15, 0.2) is 12.7 Å². The van der Waals surface area contributed by atoms with Gasteiger partial charge in [0, 0.05) is 6.08 Å². The van der Waals surface area contributed by atoms with E-state index in [-0.39, 0.29) is 13.0 Å². The van der Waals surface area contributed by atoms with Gasteiger partial charge in [0.15, 0.2) is 0 Å². The molecule has 0 aromatic carbocycles. The van der Waals surface area contributed by atoms with Crippen LogP contribution in [0.25, 0.3) is 0 Å². The van der Waals surface area contributed by atoms with Crippen LogP contribution in [0.4, 0.5) is 0 Å². The van der Waals surface area contributed by atoms with E-state index in [0.29, 0.717) is 0 Å².